The second-order valence-electron chi connectivity index (χ2n) is 5.14. The SMILES string of the molecule is CC1CCCN(C2CCCC2O)CC1. The Balaban J connectivity index is 1.90. The minimum atomic E-state index is -0.0385. The molecule has 0 aromatic heterocycles. The van der Waals surface area contributed by atoms with Crippen LogP contribution in [0.1, 0.15) is 45.4 Å². The minimum Gasteiger partial charge on any atom is -0.391 e. The Kier molecular flexibility index (Phi) is 3.45. The second-order valence-corrected chi connectivity index (χ2v) is 5.14. The number of nitrogens with zero attached hydrogens (tertiary/aromatic N) is 1. The van der Waals surface area contributed by atoms with E-state index in [1.165, 1.54) is 45.2 Å². The van der Waals surface area contributed by atoms with Gasteiger partial charge in [0.15, 0.2) is 0 Å². The van der Waals surface area contributed by atoms with Crippen molar-refractivity contribution in [3.8, 4) is 0 Å². The minimum absolute atomic E-state index is 0.0385. The van der Waals surface area contributed by atoms with Crippen LogP contribution in [0.5, 0.6) is 0 Å². The molecule has 1 saturated carbocycles. The van der Waals surface area contributed by atoms with Crippen LogP contribution in [0.25, 0.3) is 0 Å². The molecule has 1 saturated heterocycles. The van der Waals surface area contributed by atoms with Crippen molar-refractivity contribution < 1.29 is 5.11 Å². The fourth-order valence-corrected chi connectivity index (χ4v) is 2.96. The van der Waals surface area contributed by atoms with E-state index in [4.69, 9.17) is 0 Å². The van der Waals surface area contributed by atoms with Crippen LogP contribution in [0.3, 0.4) is 0 Å². The highest BCUT2D eigenvalue weighted by Crippen LogP contribution is 2.27. The molecule has 3 unspecified atom stereocenters. The van der Waals surface area contributed by atoms with Gasteiger partial charge < -0.3 is 5.11 Å². The molecule has 2 nitrogen and oxygen atoms in total. The van der Waals surface area contributed by atoms with Gasteiger partial charge in [-0.25, -0.2) is 0 Å². The number of hydrogen-bond donors (Lipinski definition) is 1. The van der Waals surface area contributed by atoms with Crippen LogP contribution >= 0.6 is 0 Å². The third-order valence-corrected chi connectivity index (χ3v) is 3.96. The molecule has 2 fully saturated rings. The van der Waals surface area contributed by atoms with Gasteiger partial charge in [-0.3, -0.25) is 4.90 Å². The van der Waals surface area contributed by atoms with E-state index in [1.54, 1.807) is 0 Å². The van der Waals surface area contributed by atoms with E-state index >= 15 is 0 Å². The molecule has 14 heavy (non-hydrogen) atoms. The molecular weight excluding hydrogens is 174 g/mol. The summed E-state index contributed by atoms with van der Waals surface area (Å²) < 4.78 is 0. The molecule has 2 heteroatoms. The summed E-state index contributed by atoms with van der Waals surface area (Å²) in [7, 11) is 0. The summed E-state index contributed by atoms with van der Waals surface area (Å²) in [6, 6.07) is 0.486. The highest BCUT2D eigenvalue weighted by Gasteiger charge is 2.31. The molecule has 1 heterocycles. The number of aliphatic hydroxyl groups excluding tert-OH is 1. The van der Waals surface area contributed by atoms with E-state index in [-0.39, 0.29) is 6.10 Å². The van der Waals surface area contributed by atoms with Gasteiger partial charge in [-0.15, -0.1) is 0 Å². The van der Waals surface area contributed by atoms with Crippen molar-refractivity contribution in [2.24, 2.45) is 5.92 Å². The summed E-state index contributed by atoms with van der Waals surface area (Å²) in [6.45, 7) is 4.78. The third-order valence-electron chi connectivity index (χ3n) is 3.96. The van der Waals surface area contributed by atoms with Gasteiger partial charge in [0.25, 0.3) is 0 Å². The zero-order valence-electron chi connectivity index (χ0n) is 9.28. The third kappa shape index (κ3) is 2.29. The molecule has 0 bridgehead atoms. The first kappa shape index (κ1) is 10.4. The Morgan fingerprint density at radius 3 is 2.57 bits per heavy atom. The summed E-state index contributed by atoms with van der Waals surface area (Å²) in [5.74, 6) is 0.888. The maximum Gasteiger partial charge on any atom is 0.0695 e. The number of hydrogen-bond acceptors (Lipinski definition) is 2. The molecule has 1 aliphatic carbocycles. The van der Waals surface area contributed by atoms with Gasteiger partial charge in [0.2, 0.25) is 0 Å². The first-order chi connectivity index (χ1) is 6.77. The molecule has 0 radical (unpaired) electrons. The average molecular weight is 197 g/mol. The number of likely N-dealkylation sites (tertiary alicyclic amines) is 1. The van der Waals surface area contributed by atoms with E-state index in [0.717, 1.165) is 12.3 Å². The predicted octanol–water partition coefficient (Wildman–Crippen LogP) is 2.02. The lowest BCUT2D eigenvalue weighted by molar-refractivity contribution is 0.0722. The van der Waals surface area contributed by atoms with E-state index in [9.17, 15) is 5.11 Å². The van der Waals surface area contributed by atoms with Crippen molar-refractivity contribution >= 4 is 0 Å². The Morgan fingerprint density at radius 2 is 1.86 bits per heavy atom. The molecule has 0 spiro atoms. The van der Waals surface area contributed by atoms with Crippen molar-refractivity contribution in [2.45, 2.75) is 57.6 Å². The molecule has 82 valence electrons. The Bertz CT molecular complexity index is 183. The molecule has 1 aliphatic heterocycles. The summed E-state index contributed by atoms with van der Waals surface area (Å²) in [4.78, 5) is 2.54. The lowest BCUT2D eigenvalue weighted by Gasteiger charge is -2.29. The summed E-state index contributed by atoms with van der Waals surface area (Å²) in [5, 5.41) is 9.86. The van der Waals surface area contributed by atoms with E-state index in [1.807, 2.05) is 0 Å². The van der Waals surface area contributed by atoms with Crippen LogP contribution in [0.2, 0.25) is 0 Å². The van der Waals surface area contributed by atoms with Gasteiger partial charge in [-0.05, 0) is 57.5 Å². The standard InChI is InChI=1S/C12H23NO/c1-10-4-3-8-13(9-7-10)11-5-2-6-12(11)14/h10-12,14H,2-9H2,1H3. The van der Waals surface area contributed by atoms with Crippen molar-refractivity contribution in [1.29, 1.82) is 0 Å². The van der Waals surface area contributed by atoms with E-state index in [0.29, 0.717) is 6.04 Å². The van der Waals surface area contributed by atoms with Gasteiger partial charge in [-0.2, -0.15) is 0 Å². The van der Waals surface area contributed by atoms with Crippen LogP contribution in [-0.4, -0.2) is 35.2 Å². The number of rotatable bonds is 1. The molecule has 0 amide bonds. The molecule has 0 aromatic rings. The lowest BCUT2D eigenvalue weighted by atomic mass is 10.0. The average Bonchev–Trinajstić information content (AvgIpc) is 2.46. The highest BCUT2D eigenvalue weighted by atomic mass is 16.3. The predicted molar refractivity (Wildman–Crippen MR) is 58.2 cm³/mol. The van der Waals surface area contributed by atoms with Crippen LogP contribution in [-0.2, 0) is 0 Å². The summed E-state index contributed by atoms with van der Waals surface area (Å²) >= 11 is 0. The maximum absolute atomic E-state index is 9.86. The fraction of sp³-hybridized carbons (Fsp3) is 1.00. The van der Waals surface area contributed by atoms with E-state index in [2.05, 4.69) is 11.8 Å². The van der Waals surface area contributed by atoms with E-state index < -0.39 is 0 Å². The van der Waals surface area contributed by atoms with Crippen LogP contribution in [0.15, 0.2) is 0 Å². The van der Waals surface area contributed by atoms with Gasteiger partial charge in [-0.1, -0.05) is 6.92 Å². The topological polar surface area (TPSA) is 23.5 Å². The number of aliphatic hydroxyl groups is 1. The first-order valence-corrected chi connectivity index (χ1v) is 6.19. The van der Waals surface area contributed by atoms with Crippen molar-refractivity contribution in [1.82, 2.24) is 4.90 Å². The normalized spacial score (nSPS) is 41.1. The van der Waals surface area contributed by atoms with Crippen molar-refractivity contribution in [3.63, 3.8) is 0 Å². The van der Waals surface area contributed by atoms with Crippen LogP contribution in [0.4, 0.5) is 0 Å². The Morgan fingerprint density at radius 1 is 1.00 bits per heavy atom. The quantitative estimate of drug-likeness (QED) is 0.695. The summed E-state index contributed by atoms with van der Waals surface area (Å²) in [5.41, 5.74) is 0. The Labute approximate surface area is 87.3 Å². The molecular formula is C12H23NO. The highest BCUT2D eigenvalue weighted by molar-refractivity contribution is 4.86. The monoisotopic (exact) mass is 197 g/mol. The first-order valence-electron chi connectivity index (χ1n) is 6.19. The second kappa shape index (κ2) is 4.63. The molecule has 1 N–H and O–H groups in total. The summed E-state index contributed by atoms with van der Waals surface area (Å²) in [6.07, 6.45) is 7.44. The molecule has 0 aromatic carbocycles. The van der Waals surface area contributed by atoms with Gasteiger partial charge in [0.05, 0.1) is 6.10 Å². The lowest BCUT2D eigenvalue weighted by Crippen LogP contribution is -2.40. The zero-order valence-corrected chi connectivity index (χ0v) is 9.28. The van der Waals surface area contributed by atoms with Crippen molar-refractivity contribution in [2.75, 3.05) is 13.1 Å². The van der Waals surface area contributed by atoms with Gasteiger partial charge in [0, 0.05) is 6.04 Å². The molecule has 3 atom stereocenters. The largest absolute Gasteiger partial charge is 0.391 e. The Hall–Kier alpha value is -0.0800. The van der Waals surface area contributed by atoms with Crippen molar-refractivity contribution in [3.05, 3.63) is 0 Å². The van der Waals surface area contributed by atoms with Gasteiger partial charge in [0.1, 0.15) is 0 Å². The van der Waals surface area contributed by atoms with Crippen LogP contribution in [0, 0.1) is 5.92 Å². The molecule has 2 rings (SSSR count). The maximum atomic E-state index is 9.86. The van der Waals surface area contributed by atoms with Crippen LogP contribution < -0.4 is 0 Å². The van der Waals surface area contributed by atoms with Gasteiger partial charge >= 0.3 is 0 Å². The smallest absolute Gasteiger partial charge is 0.0695 e. The zero-order chi connectivity index (χ0) is 9.97. The fourth-order valence-electron chi connectivity index (χ4n) is 2.96. The molecule has 2 aliphatic rings.